The summed E-state index contributed by atoms with van der Waals surface area (Å²) < 4.78 is 31.2. The normalized spacial score (nSPS) is 16.1. The van der Waals surface area contributed by atoms with Crippen LogP contribution < -0.4 is 10.1 Å². The summed E-state index contributed by atoms with van der Waals surface area (Å²) in [5.74, 6) is -0.639. The maximum absolute atomic E-state index is 12.6. The molecule has 2 aromatic rings. The third kappa shape index (κ3) is 3.03. The van der Waals surface area contributed by atoms with Gasteiger partial charge in [-0.2, -0.15) is 0 Å². The van der Waals surface area contributed by atoms with E-state index in [0.29, 0.717) is 22.3 Å². The molecule has 1 unspecified atom stereocenters. The van der Waals surface area contributed by atoms with Gasteiger partial charge in [0.1, 0.15) is 16.7 Å². The molecule has 136 valence electrons. The molecule has 1 heterocycles. The molecule has 1 aliphatic heterocycles. The molecular weight excluding hydrogens is 356 g/mol. The van der Waals surface area contributed by atoms with E-state index in [0.717, 1.165) is 0 Å². The van der Waals surface area contributed by atoms with Gasteiger partial charge in [0, 0.05) is 5.69 Å². The van der Waals surface area contributed by atoms with Gasteiger partial charge in [-0.3, -0.25) is 9.59 Å². The van der Waals surface area contributed by atoms with Crippen molar-refractivity contribution in [3.8, 4) is 5.75 Å². The number of rotatable bonds is 5. The highest BCUT2D eigenvalue weighted by Gasteiger charge is 2.45. The van der Waals surface area contributed by atoms with Crippen molar-refractivity contribution in [3.63, 3.8) is 0 Å². The zero-order chi connectivity index (χ0) is 18.9. The van der Waals surface area contributed by atoms with Crippen LogP contribution in [-0.2, 0) is 14.8 Å². The predicted molar refractivity (Wildman–Crippen MR) is 95.5 cm³/mol. The fourth-order valence-electron chi connectivity index (χ4n) is 2.74. The predicted octanol–water partition coefficient (Wildman–Crippen LogP) is 2.26. The van der Waals surface area contributed by atoms with Gasteiger partial charge in [-0.15, -0.1) is 0 Å². The number of anilines is 1. The minimum absolute atomic E-state index is 0.0771. The number of hydrogen-bond acceptors (Lipinski definition) is 5. The van der Waals surface area contributed by atoms with Crippen LogP contribution in [-0.4, -0.2) is 37.2 Å². The van der Waals surface area contributed by atoms with Crippen LogP contribution >= 0.6 is 0 Å². The van der Waals surface area contributed by atoms with Gasteiger partial charge in [-0.05, 0) is 50.2 Å². The van der Waals surface area contributed by atoms with Crippen molar-refractivity contribution in [2.45, 2.75) is 24.8 Å². The molecule has 0 saturated carbocycles. The summed E-state index contributed by atoms with van der Waals surface area (Å²) in [6, 6.07) is 11.4. The quantitative estimate of drug-likeness (QED) is 0.867. The van der Waals surface area contributed by atoms with Gasteiger partial charge in [0.05, 0.1) is 12.2 Å². The third-order valence-corrected chi connectivity index (χ3v) is 5.93. The highest BCUT2D eigenvalue weighted by atomic mass is 32.2. The molecule has 7 nitrogen and oxygen atoms in total. The molecule has 2 amide bonds. The van der Waals surface area contributed by atoms with Crippen molar-refractivity contribution < 1.29 is 22.7 Å². The first-order valence-electron chi connectivity index (χ1n) is 8.07. The molecule has 0 saturated heterocycles. The van der Waals surface area contributed by atoms with E-state index >= 15 is 0 Å². The van der Waals surface area contributed by atoms with Gasteiger partial charge in [0.25, 0.3) is 15.9 Å². The molecule has 1 atom stereocenters. The lowest BCUT2D eigenvalue weighted by atomic mass is 10.2. The molecule has 0 aliphatic carbocycles. The lowest BCUT2D eigenvalue weighted by molar-refractivity contribution is -0.118. The second-order valence-electron chi connectivity index (χ2n) is 5.72. The molecule has 3 rings (SSSR count). The molecule has 1 aliphatic rings. The number of carbonyl (C=O) groups excluding carboxylic acids is 2. The lowest BCUT2D eigenvalue weighted by Crippen LogP contribution is -2.45. The molecule has 26 heavy (non-hydrogen) atoms. The Morgan fingerprint density at radius 3 is 2.42 bits per heavy atom. The standard InChI is InChI=1S/C18H18N2O5S/c1-3-25-14-10-8-13(9-11-14)19-17(21)12(2)20-18(22)15-6-4-5-7-16(15)26(20,23)24/h4-12H,3H2,1-2H3,(H,19,21). The van der Waals surface area contributed by atoms with Gasteiger partial charge in [-0.25, -0.2) is 12.7 Å². The van der Waals surface area contributed by atoms with Crippen molar-refractivity contribution in [1.29, 1.82) is 0 Å². The average molecular weight is 374 g/mol. The van der Waals surface area contributed by atoms with Crippen LogP contribution in [0, 0.1) is 0 Å². The molecule has 0 bridgehead atoms. The Bertz CT molecular complexity index is 954. The largest absolute Gasteiger partial charge is 0.494 e. The SMILES string of the molecule is CCOc1ccc(NC(=O)C(C)N2C(=O)c3ccccc3S2(=O)=O)cc1. The van der Waals surface area contributed by atoms with E-state index in [4.69, 9.17) is 4.74 Å². The van der Waals surface area contributed by atoms with Crippen LogP contribution in [0.2, 0.25) is 0 Å². The molecule has 0 fully saturated rings. The van der Waals surface area contributed by atoms with Gasteiger partial charge < -0.3 is 10.1 Å². The molecule has 1 N–H and O–H groups in total. The summed E-state index contributed by atoms with van der Waals surface area (Å²) in [5.41, 5.74) is 0.556. The first kappa shape index (κ1) is 17.9. The number of nitrogens with zero attached hydrogens (tertiary/aromatic N) is 1. The van der Waals surface area contributed by atoms with Gasteiger partial charge in [-0.1, -0.05) is 12.1 Å². The third-order valence-electron chi connectivity index (χ3n) is 4.02. The Labute approximate surface area is 151 Å². The van der Waals surface area contributed by atoms with Crippen LogP contribution in [0.25, 0.3) is 0 Å². The maximum Gasteiger partial charge on any atom is 0.269 e. The monoisotopic (exact) mass is 374 g/mol. The van der Waals surface area contributed by atoms with E-state index in [1.54, 1.807) is 30.3 Å². The fraction of sp³-hybridized carbons (Fsp3) is 0.222. The molecule has 8 heteroatoms. The molecule has 0 spiro atoms. The summed E-state index contributed by atoms with van der Waals surface area (Å²) >= 11 is 0. The topological polar surface area (TPSA) is 92.8 Å². The molecule has 0 radical (unpaired) electrons. The van der Waals surface area contributed by atoms with Crippen molar-refractivity contribution in [2.24, 2.45) is 0 Å². The first-order valence-corrected chi connectivity index (χ1v) is 9.51. The van der Waals surface area contributed by atoms with Crippen LogP contribution in [0.15, 0.2) is 53.4 Å². The van der Waals surface area contributed by atoms with E-state index in [1.165, 1.54) is 25.1 Å². The van der Waals surface area contributed by atoms with Gasteiger partial charge in [0.2, 0.25) is 5.91 Å². The number of amides is 2. The summed E-state index contributed by atoms with van der Waals surface area (Å²) in [6.45, 7) is 3.77. The van der Waals surface area contributed by atoms with Gasteiger partial charge in [0.15, 0.2) is 0 Å². The highest BCUT2D eigenvalue weighted by molar-refractivity contribution is 7.90. The Balaban J connectivity index is 1.80. The number of carbonyl (C=O) groups is 2. The minimum atomic E-state index is -4.04. The lowest BCUT2D eigenvalue weighted by Gasteiger charge is -2.22. The summed E-state index contributed by atoms with van der Waals surface area (Å²) in [6.07, 6.45) is 0. The van der Waals surface area contributed by atoms with Crippen LogP contribution in [0.3, 0.4) is 0 Å². The van der Waals surface area contributed by atoms with Gasteiger partial charge >= 0.3 is 0 Å². The Hall–Kier alpha value is -2.87. The zero-order valence-corrected chi connectivity index (χ0v) is 15.1. The summed E-state index contributed by atoms with van der Waals surface area (Å²) in [5, 5.41) is 2.62. The first-order chi connectivity index (χ1) is 12.4. The second-order valence-corrected chi connectivity index (χ2v) is 7.51. The van der Waals surface area contributed by atoms with Crippen LogP contribution in [0.5, 0.6) is 5.75 Å². The number of sulfonamides is 1. The Morgan fingerprint density at radius 1 is 1.15 bits per heavy atom. The van der Waals surface area contributed by atoms with E-state index < -0.39 is 27.9 Å². The number of benzene rings is 2. The Kier molecular flexibility index (Phi) is 4.69. The number of fused-ring (bicyclic) bond motifs is 1. The summed E-state index contributed by atoms with van der Waals surface area (Å²) in [7, 11) is -4.04. The van der Waals surface area contributed by atoms with E-state index in [1.807, 2.05) is 6.92 Å². The number of hydrogen-bond donors (Lipinski definition) is 1. The summed E-state index contributed by atoms with van der Waals surface area (Å²) in [4.78, 5) is 24.9. The zero-order valence-electron chi connectivity index (χ0n) is 14.3. The van der Waals surface area contributed by atoms with Crippen molar-refractivity contribution in [1.82, 2.24) is 4.31 Å². The average Bonchev–Trinajstić information content (AvgIpc) is 2.83. The highest BCUT2D eigenvalue weighted by Crippen LogP contribution is 2.32. The number of ether oxygens (including phenoxy) is 1. The second kappa shape index (κ2) is 6.80. The van der Waals surface area contributed by atoms with Crippen molar-refractivity contribution in [2.75, 3.05) is 11.9 Å². The van der Waals surface area contributed by atoms with Crippen LogP contribution in [0.1, 0.15) is 24.2 Å². The molecule has 0 aromatic heterocycles. The fourth-order valence-corrected chi connectivity index (χ4v) is 4.46. The van der Waals surface area contributed by atoms with E-state index in [9.17, 15) is 18.0 Å². The van der Waals surface area contributed by atoms with E-state index in [-0.39, 0.29) is 10.5 Å². The minimum Gasteiger partial charge on any atom is -0.494 e. The van der Waals surface area contributed by atoms with Crippen molar-refractivity contribution >= 4 is 27.5 Å². The molecular formula is C18H18N2O5S. The van der Waals surface area contributed by atoms with Crippen molar-refractivity contribution in [3.05, 3.63) is 54.1 Å². The smallest absolute Gasteiger partial charge is 0.269 e. The molecule has 2 aromatic carbocycles. The van der Waals surface area contributed by atoms with E-state index in [2.05, 4.69) is 5.32 Å². The maximum atomic E-state index is 12.6. The number of nitrogens with one attached hydrogen (secondary N) is 1. The Morgan fingerprint density at radius 2 is 1.81 bits per heavy atom. The van der Waals surface area contributed by atoms with Crippen LogP contribution in [0.4, 0.5) is 5.69 Å².